The molecule has 2 spiro atoms. The van der Waals surface area contributed by atoms with Crippen molar-refractivity contribution < 1.29 is 29.3 Å². The van der Waals surface area contributed by atoms with Gasteiger partial charge in [-0.3, -0.25) is 0 Å². The van der Waals surface area contributed by atoms with Crippen LogP contribution in [0.4, 0.5) is 0 Å². The highest BCUT2D eigenvalue weighted by atomic mass is 79.9. The molecule has 2 aliphatic heterocycles. The summed E-state index contributed by atoms with van der Waals surface area (Å²) in [5, 5.41) is 20.5. The van der Waals surface area contributed by atoms with Gasteiger partial charge in [-0.15, -0.1) is 0 Å². The number of aliphatic hydroxyl groups excluding tert-OH is 2. The second-order valence-corrected chi connectivity index (χ2v) is 8.95. The zero-order valence-electron chi connectivity index (χ0n) is 14.6. The van der Waals surface area contributed by atoms with Crippen LogP contribution in [-0.2, 0) is 19.1 Å². The molecule has 0 aromatic heterocycles. The summed E-state index contributed by atoms with van der Waals surface area (Å²) in [6.45, 7) is 3.82. The third kappa shape index (κ3) is 2.64. The van der Waals surface area contributed by atoms with Crippen LogP contribution in [0.25, 0.3) is 0 Å². The van der Waals surface area contributed by atoms with Gasteiger partial charge in [0.15, 0.2) is 11.2 Å². The molecule has 3 aliphatic rings. The molecule has 6 nitrogen and oxygen atoms in total. The van der Waals surface area contributed by atoms with Gasteiger partial charge in [0.25, 0.3) is 0 Å². The maximum absolute atomic E-state index is 12.4. The number of carbonyl (C=O) groups excluding carboxylic acids is 2. The van der Waals surface area contributed by atoms with E-state index in [0.717, 1.165) is 0 Å². The molecule has 0 amide bonds. The lowest BCUT2D eigenvalue weighted by molar-refractivity contribution is -0.199. The first-order valence-electron chi connectivity index (χ1n) is 8.80. The zero-order valence-corrected chi connectivity index (χ0v) is 17.7. The number of rotatable bonds is 6. The van der Waals surface area contributed by atoms with E-state index in [9.17, 15) is 19.8 Å². The highest BCUT2D eigenvalue weighted by Crippen LogP contribution is 2.61. The quantitative estimate of drug-likeness (QED) is 0.435. The maximum atomic E-state index is 12.4. The fraction of sp³-hybridized carbons (Fsp3) is 0.667. The van der Waals surface area contributed by atoms with Gasteiger partial charge >= 0.3 is 11.9 Å². The lowest BCUT2D eigenvalue weighted by Gasteiger charge is -2.57. The Morgan fingerprint density at radius 3 is 1.58 bits per heavy atom. The molecule has 0 aromatic carbocycles. The average molecular weight is 494 g/mol. The summed E-state index contributed by atoms with van der Waals surface area (Å²) in [7, 11) is 0. The molecule has 0 unspecified atom stereocenters. The van der Waals surface area contributed by atoms with E-state index in [2.05, 4.69) is 31.9 Å². The summed E-state index contributed by atoms with van der Waals surface area (Å²) < 4.78 is 11.3. The normalized spacial score (nSPS) is 37.9. The predicted octanol–water partition coefficient (Wildman–Crippen LogP) is 2.29. The van der Waals surface area contributed by atoms with Crippen molar-refractivity contribution in [2.75, 3.05) is 0 Å². The molecule has 1 aliphatic carbocycles. The second kappa shape index (κ2) is 7.04. The number of fused-ring (bicyclic) bond motifs is 1. The third-order valence-corrected chi connectivity index (χ3v) is 8.39. The Balaban J connectivity index is 2.01. The molecule has 144 valence electrons. The van der Waals surface area contributed by atoms with Crippen molar-refractivity contribution in [2.45, 2.75) is 72.6 Å². The molecular weight excluding hydrogens is 472 g/mol. The van der Waals surface area contributed by atoms with Gasteiger partial charge in [-0.25, -0.2) is 9.59 Å². The van der Waals surface area contributed by atoms with Crippen LogP contribution in [0.1, 0.15) is 39.5 Å². The molecule has 1 fully saturated rings. The number of hydrogen-bond acceptors (Lipinski definition) is 6. The summed E-state index contributed by atoms with van der Waals surface area (Å²) in [4.78, 5) is 24.1. The highest BCUT2D eigenvalue weighted by molar-refractivity contribution is 9.12. The van der Waals surface area contributed by atoms with Crippen molar-refractivity contribution in [3.63, 3.8) is 0 Å². The van der Waals surface area contributed by atoms with E-state index in [0.29, 0.717) is 25.7 Å². The Hall–Kier alpha value is -0.700. The van der Waals surface area contributed by atoms with Gasteiger partial charge in [-0.05, 0) is 25.0 Å². The second-order valence-electron chi connectivity index (χ2n) is 6.98. The van der Waals surface area contributed by atoms with E-state index in [1.54, 1.807) is 12.2 Å². The number of esters is 2. The smallest absolute Gasteiger partial charge is 0.337 e. The van der Waals surface area contributed by atoms with E-state index >= 15 is 0 Å². The average Bonchev–Trinajstić information content (AvgIpc) is 3.15. The maximum Gasteiger partial charge on any atom is 0.337 e. The molecule has 0 radical (unpaired) electrons. The van der Waals surface area contributed by atoms with Gasteiger partial charge in [0.1, 0.15) is 0 Å². The molecule has 1 saturated carbocycles. The van der Waals surface area contributed by atoms with E-state index < -0.39 is 35.3 Å². The standard InChI is InChI=1S/C18H22Br2O6/c1-3-5-11(21)9-7-17(25-15(9)23)13(19)14(20)18(17)8-10(16(24)26-18)12(22)6-4-2/h7-8,11-14,21-22H,3-6H2,1-2H3/t11-,12+,13-,14-,17+,18+/m0/s1. The minimum Gasteiger partial charge on any atom is -0.445 e. The molecule has 26 heavy (non-hydrogen) atoms. The van der Waals surface area contributed by atoms with E-state index in [4.69, 9.17) is 9.47 Å². The van der Waals surface area contributed by atoms with Crippen molar-refractivity contribution >= 4 is 43.8 Å². The number of aliphatic hydroxyl groups is 2. The number of halogens is 2. The van der Waals surface area contributed by atoms with Gasteiger partial charge in [0.05, 0.1) is 33.0 Å². The van der Waals surface area contributed by atoms with Crippen molar-refractivity contribution in [1.29, 1.82) is 0 Å². The Morgan fingerprint density at radius 2 is 1.27 bits per heavy atom. The predicted molar refractivity (Wildman–Crippen MR) is 101 cm³/mol. The Bertz CT molecular complexity index is 631. The molecule has 2 heterocycles. The monoisotopic (exact) mass is 492 g/mol. The van der Waals surface area contributed by atoms with Crippen LogP contribution in [0.5, 0.6) is 0 Å². The SMILES string of the molecule is CCC[C@@H](O)C1=C[C@@]2(OC1=O)[C@@H](Br)[C@H](Br)[C@]21C=C([C@@H](O)CCC)C(=O)O1. The first-order chi connectivity index (χ1) is 12.2. The van der Waals surface area contributed by atoms with Gasteiger partial charge in [-0.1, -0.05) is 58.5 Å². The largest absolute Gasteiger partial charge is 0.445 e. The topological polar surface area (TPSA) is 93.1 Å². The van der Waals surface area contributed by atoms with Crippen LogP contribution >= 0.6 is 31.9 Å². The first kappa shape index (κ1) is 20.0. The summed E-state index contributed by atoms with van der Waals surface area (Å²) in [6.07, 6.45) is 3.59. The van der Waals surface area contributed by atoms with Crippen molar-refractivity contribution in [3.05, 3.63) is 23.3 Å². The van der Waals surface area contributed by atoms with E-state index in [1.807, 2.05) is 13.8 Å². The summed E-state index contributed by atoms with van der Waals surface area (Å²) in [5.41, 5.74) is -2.12. The van der Waals surface area contributed by atoms with E-state index in [1.165, 1.54) is 0 Å². The molecule has 8 heteroatoms. The first-order valence-corrected chi connectivity index (χ1v) is 10.6. The number of alkyl halides is 2. The summed E-state index contributed by atoms with van der Waals surface area (Å²) in [5.74, 6) is -1.22. The fourth-order valence-electron chi connectivity index (χ4n) is 3.81. The summed E-state index contributed by atoms with van der Waals surface area (Å²) >= 11 is 7.02. The van der Waals surface area contributed by atoms with Gasteiger partial charge in [0.2, 0.25) is 0 Å². The van der Waals surface area contributed by atoms with Gasteiger partial charge < -0.3 is 19.7 Å². The van der Waals surface area contributed by atoms with E-state index in [-0.39, 0.29) is 20.8 Å². The van der Waals surface area contributed by atoms with Crippen molar-refractivity contribution in [1.82, 2.24) is 0 Å². The van der Waals surface area contributed by atoms with Crippen molar-refractivity contribution in [3.8, 4) is 0 Å². The zero-order chi connectivity index (χ0) is 19.3. The fourth-order valence-corrected chi connectivity index (χ4v) is 5.76. The molecular formula is C18H22Br2O6. The van der Waals surface area contributed by atoms with Crippen LogP contribution < -0.4 is 0 Å². The molecule has 0 aromatic rings. The molecule has 0 bridgehead atoms. The van der Waals surface area contributed by atoms with Crippen LogP contribution in [0.2, 0.25) is 0 Å². The minimum absolute atomic E-state index is 0.182. The van der Waals surface area contributed by atoms with Crippen LogP contribution in [0.3, 0.4) is 0 Å². The van der Waals surface area contributed by atoms with Crippen LogP contribution in [0, 0.1) is 0 Å². The Kier molecular flexibility index (Phi) is 5.42. The number of hydrogen-bond donors (Lipinski definition) is 2. The van der Waals surface area contributed by atoms with Crippen LogP contribution in [-0.4, -0.2) is 55.2 Å². The molecule has 6 atom stereocenters. The molecule has 2 N–H and O–H groups in total. The molecule has 0 saturated heterocycles. The number of carbonyl (C=O) groups is 2. The Labute approximate surface area is 168 Å². The third-order valence-electron chi connectivity index (χ3n) is 5.26. The lowest BCUT2D eigenvalue weighted by Crippen LogP contribution is -2.77. The Morgan fingerprint density at radius 1 is 0.923 bits per heavy atom. The number of ether oxygens (including phenoxy) is 2. The minimum atomic E-state index is -1.24. The molecule has 3 rings (SSSR count). The van der Waals surface area contributed by atoms with Gasteiger partial charge in [-0.2, -0.15) is 0 Å². The van der Waals surface area contributed by atoms with Crippen molar-refractivity contribution in [2.24, 2.45) is 0 Å². The highest BCUT2D eigenvalue weighted by Gasteiger charge is 2.78. The van der Waals surface area contributed by atoms with Crippen LogP contribution in [0.15, 0.2) is 23.3 Å². The lowest BCUT2D eigenvalue weighted by atomic mass is 9.64. The van der Waals surface area contributed by atoms with Gasteiger partial charge in [0, 0.05) is 0 Å². The summed E-state index contributed by atoms with van der Waals surface area (Å²) in [6, 6.07) is 0.